The van der Waals surface area contributed by atoms with Crippen molar-refractivity contribution >= 4 is 35.6 Å². The van der Waals surface area contributed by atoms with Gasteiger partial charge in [0.15, 0.2) is 0 Å². The van der Waals surface area contributed by atoms with Crippen LogP contribution in [0.5, 0.6) is 0 Å². The van der Waals surface area contributed by atoms with Gasteiger partial charge in [-0.1, -0.05) is 13.8 Å². The largest absolute Gasteiger partial charge is 0.481 e. The standard InChI is InChI=1S/C20H35N5O9/c1-10(2)16(20(33)34)25-19(32)12(5-3-4-8-21)24-18(31)13(6-7-14(26)27)23-17(30)11(22)9-15(28)29/h10-13,16H,3-9,21-22H2,1-2H3,(H,23,30)(H,24,31)(H,25,32)(H,26,27)(H,28,29)(H,33,34). The number of nitrogens with two attached hydrogens (primary N) is 2. The molecule has 0 saturated heterocycles. The van der Waals surface area contributed by atoms with Crippen LogP contribution in [0.2, 0.25) is 0 Å². The van der Waals surface area contributed by atoms with Gasteiger partial charge in [-0.05, 0) is 38.1 Å². The van der Waals surface area contributed by atoms with Crippen LogP contribution < -0.4 is 27.4 Å². The van der Waals surface area contributed by atoms with Crippen LogP contribution in [-0.4, -0.2) is 81.7 Å². The number of carbonyl (C=O) groups is 6. The van der Waals surface area contributed by atoms with Gasteiger partial charge in [0.2, 0.25) is 17.7 Å². The lowest BCUT2D eigenvalue weighted by molar-refractivity contribution is -0.143. The predicted octanol–water partition coefficient (Wildman–Crippen LogP) is -2.02. The molecule has 0 aliphatic carbocycles. The van der Waals surface area contributed by atoms with Crippen LogP contribution in [0.3, 0.4) is 0 Å². The van der Waals surface area contributed by atoms with Gasteiger partial charge in [0.05, 0.1) is 12.5 Å². The Morgan fingerprint density at radius 2 is 1.29 bits per heavy atom. The zero-order valence-electron chi connectivity index (χ0n) is 19.3. The maximum atomic E-state index is 12.8. The van der Waals surface area contributed by atoms with E-state index < -0.39 is 78.6 Å². The summed E-state index contributed by atoms with van der Waals surface area (Å²) in [7, 11) is 0. The summed E-state index contributed by atoms with van der Waals surface area (Å²) in [5, 5.41) is 34.0. The molecule has 10 N–H and O–H groups in total. The monoisotopic (exact) mass is 489 g/mol. The lowest BCUT2D eigenvalue weighted by Gasteiger charge is -2.26. The molecule has 14 nitrogen and oxygen atoms in total. The molecule has 0 aromatic heterocycles. The number of hydrogen-bond donors (Lipinski definition) is 8. The van der Waals surface area contributed by atoms with Crippen LogP contribution in [0.25, 0.3) is 0 Å². The average Bonchev–Trinajstić information content (AvgIpc) is 2.72. The van der Waals surface area contributed by atoms with E-state index in [1.54, 1.807) is 13.8 Å². The smallest absolute Gasteiger partial charge is 0.326 e. The number of carboxylic acid groups (broad SMARTS) is 3. The molecule has 0 fully saturated rings. The molecule has 0 bridgehead atoms. The van der Waals surface area contributed by atoms with E-state index >= 15 is 0 Å². The third-order valence-electron chi connectivity index (χ3n) is 4.82. The molecule has 0 aliphatic rings. The van der Waals surface area contributed by atoms with Crippen LogP contribution >= 0.6 is 0 Å². The molecule has 0 aliphatic heterocycles. The van der Waals surface area contributed by atoms with E-state index in [1.165, 1.54) is 0 Å². The lowest BCUT2D eigenvalue weighted by Crippen LogP contribution is -2.57. The summed E-state index contributed by atoms with van der Waals surface area (Å²) in [5.41, 5.74) is 11.0. The second kappa shape index (κ2) is 15.6. The second-order valence-electron chi connectivity index (χ2n) is 8.11. The molecule has 0 aromatic carbocycles. The number of carboxylic acids is 3. The number of rotatable bonds is 17. The van der Waals surface area contributed by atoms with Crippen LogP contribution in [0.1, 0.15) is 52.4 Å². The Morgan fingerprint density at radius 1 is 0.765 bits per heavy atom. The van der Waals surface area contributed by atoms with Crippen molar-refractivity contribution in [1.82, 2.24) is 16.0 Å². The van der Waals surface area contributed by atoms with Gasteiger partial charge in [-0.25, -0.2) is 4.79 Å². The number of hydrogen-bond acceptors (Lipinski definition) is 8. The minimum atomic E-state index is -1.48. The van der Waals surface area contributed by atoms with Gasteiger partial charge in [-0.3, -0.25) is 24.0 Å². The molecule has 194 valence electrons. The molecule has 0 radical (unpaired) electrons. The third kappa shape index (κ3) is 12.1. The van der Waals surface area contributed by atoms with Crippen LogP contribution in [0.4, 0.5) is 0 Å². The average molecular weight is 490 g/mol. The number of aliphatic carboxylic acids is 3. The van der Waals surface area contributed by atoms with Gasteiger partial charge in [0.25, 0.3) is 0 Å². The fourth-order valence-corrected chi connectivity index (χ4v) is 2.90. The first-order valence-corrected chi connectivity index (χ1v) is 10.8. The summed E-state index contributed by atoms with van der Waals surface area (Å²) < 4.78 is 0. The molecule has 3 amide bonds. The third-order valence-corrected chi connectivity index (χ3v) is 4.82. The highest BCUT2D eigenvalue weighted by Gasteiger charge is 2.31. The minimum Gasteiger partial charge on any atom is -0.481 e. The van der Waals surface area contributed by atoms with Crippen LogP contribution in [0, 0.1) is 5.92 Å². The van der Waals surface area contributed by atoms with E-state index in [-0.39, 0.29) is 12.8 Å². The second-order valence-corrected chi connectivity index (χ2v) is 8.11. The zero-order valence-corrected chi connectivity index (χ0v) is 19.3. The van der Waals surface area contributed by atoms with Gasteiger partial charge in [0.1, 0.15) is 18.1 Å². The number of unbranched alkanes of at least 4 members (excludes halogenated alkanes) is 1. The highest BCUT2D eigenvalue weighted by molar-refractivity contribution is 5.94. The summed E-state index contributed by atoms with van der Waals surface area (Å²) in [4.78, 5) is 70.9. The maximum Gasteiger partial charge on any atom is 0.326 e. The quantitative estimate of drug-likeness (QED) is 0.103. The summed E-state index contributed by atoms with van der Waals surface area (Å²) in [6.45, 7) is 3.52. The van der Waals surface area contributed by atoms with Crippen molar-refractivity contribution in [2.75, 3.05) is 6.54 Å². The van der Waals surface area contributed by atoms with Gasteiger partial charge in [0, 0.05) is 6.42 Å². The molecule has 0 aromatic rings. The Kier molecular flexibility index (Phi) is 14.1. The SMILES string of the molecule is CC(C)C(NC(=O)C(CCCCN)NC(=O)C(CCC(=O)O)NC(=O)C(N)CC(=O)O)C(=O)O. The molecular formula is C20H35N5O9. The Hall–Kier alpha value is -3.26. The van der Waals surface area contributed by atoms with Crippen LogP contribution in [0.15, 0.2) is 0 Å². The highest BCUT2D eigenvalue weighted by atomic mass is 16.4. The van der Waals surface area contributed by atoms with Crippen molar-refractivity contribution in [3.63, 3.8) is 0 Å². The fourth-order valence-electron chi connectivity index (χ4n) is 2.90. The van der Waals surface area contributed by atoms with E-state index in [4.69, 9.17) is 21.7 Å². The molecule has 0 rings (SSSR count). The number of nitrogens with one attached hydrogen (secondary N) is 3. The first kappa shape index (κ1) is 30.7. The summed E-state index contributed by atoms with van der Waals surface area (Å²) in [5.74, 6) is -6.94. The van der Waals surface area contributed by atoms with E-state index in [2.05, 4.69) is 16.0 Å². The summed E-state index contributed by atoms with van der Waals surface area (Å²) in [6, 6.07) is -5.30. The van der Waals surface area contributed by atoms with Crippen molar-refractivity contribution in [2.24, 2.45) is 17.4 Å². The van der Waals surface area contributed by atoms with Crippen molar-refractivity contribution in [3.8, 4) is 0 Å². The van der Waals surface area contributed by atoms with E-state index in [1.807, 2.05) is 0 Å². The molecule has 0 heterocycles. The van der Waals surface area contributed by atoms with Gasteiger partial charge in [-0.15, -0.1) is 0 Å². The Balaban J connectivity index is 5.58. The maximum absolute atomic E-state index is 12.8. The van der Waals surface area contributed by atoms with Gasteiger partial charge >= 0.3 is 17.9 Å². The van der Waals surface area contributed by atoms with Crippen molar-refractivity contribution in [3.05, 3.63) is 0 Å². The zero-order chi connectivity index (χ0) is 26.4. The molecular weight excluding hydrogens is 454 g/mol. The van der Waals surface area contributed by atoms with Crippen molar-refractivity contribution in [1.29, 1.82) is 0 Å². The first-order valence-electron chi connectivity index (χ1n) is 10.8. The molecule has 4 unspecified atom stereocenters. The molecule has 34 heavy (non-hydrogen) atoms. The van der Waals surface area contributed by atoms with E-state index in [0.717, 1.165) is 0 Å². The van der Waals surface area contributed by atoms with Gasteiger partial charge < -0.3 is 42.7 Å². The minimum absolute atomic E-state index is 0.108. The Morgan fingerprint density at radius 3 is 1.76 bits per heavy atom. The van der Waals surface area contributed by atoms with Crippen molar-refractivity contribution in [2.45, 2.75) is 76.5 Å². The number of carbonyl (C=O) groups excluding carboxylic acids is 3. The molecule has 14 heteroatoms. The van der Waals surface area contributed by atoms with Crippen LogP contribution in [-0.2, 0) is 28.8 Å². The lowest BCUT2D eigenvalue weighted by atomic mass is 10.0. The number of amides is 3. The predicted molar refractivity (Wildman–Crippen MR) is 118 cm³/mol. The summed E-state index contributed by atoms with van der Waals surface area (Å²) in [6.07, 6.45) is -0.524. The fraction of sp³-hybridized carbons (Fsp3) is 0.700. The normalized spacial score (nSPS) is 14.4. The molecule has 0 saturated carbocycles. The Labute approximate surface area is 196 Å². The van der Waals surface area contributed by atoms with Crippen molar-refractivity contribution < 1.29 is 44.1 Å². The molecule has 4 atom stereocenters. The first-order chi connectivity index (χ1) is 15.8. The van der Waals surface area contributed by atoms with Gasteiger partial charge in [-0.2, -0.15) is 0 Å². The Bertz CT molecular complexity index is 744. The molecule has 0 spiro atoms. The van der Waals surface area contributed by atoms with E-state index in [9.17, 15) is 33.9 Å². The summed E-state index contributed by atoms with van der Waals surface area (Å²) >= 11 is 0. The topological polar surface area (TPSA) is 251 Å². The highest BCUT2D eigenvalue weighted by Crippen LogP contribution is 2.08. The van der Waals surface area contributed by atoms with E-state index in [0.29, 0.717) is 19.4 Å².